The molecule has 0 aromatic carbocycles. The van der Waals surface area contributed by atoms with Gasteiger partial charge in [-0.25, -0.2) is 8.42 Å². The van der Waals surface area contributed by atoms with Crippen molar-refractivity contribution in [1.29, 1.82) is 0 Å². The molecular weight excluding hydrogens is 392 g/mol. The van der Waals surface area contributed by atoms with Gasteiger partial charge in [0.1, 0.15) is 0 Å². The molecule has 0 atom stereocenters. The molecule has 1 aromatic heterocycles. The summed E-state index contributed by atoms with van der Waals surface area (Å²) in [5.74, 6) is 1.43. The Bertz CT molecular complexity index is 711. The second kappa shape index (κ2) is 10.1. The summed E-state index contributed by atoms with van der Waals surface area (Å²) in [5, 5.41) is 8.98. The van der Waals surface area contributed by atoms with E-state index in [-0.39, 0.29) is 16.9 Å². The van der Waals surface area contributed by atoms with Crippen LogP contribution >= 0.6 is 11.3 Å². The van der Waals surface area contributed by atoms with Crippen LogP contribution in [0.25, 0.3) is 0 Å². The summed E-state index contributed by atoms with van der Waals surface area (Å²) in [5.41, 5.74) is 0.190. The van der Waals surface area contributed by atoms with Crippen molar-refractivity contribution in [2.24, 2.45) is 4.99 Å². The number of hydrogen-bond donors (Lipinski definition) is 2. The minimum Gasteiger partial charge on any atom is -0.357 e. The van der Waals surface area contributed by atoms with Crippen LogP contribution in [0.1, 0.15) is 43.9 Å². The summed E-state index contributed by atoms with van der Waals surface area (Å²) in [6, 6.07) is 4.43. The van der Waals surface area contributed by atoms with Crippen molar-refractivity contribution in [3.05, 3.63) is 22.4 Å². The Kier molecular flexibility index (Phi) is 7.77. The van der Waals surface area contributed by atoms with Gasteiger partial charge in [0.2, 0.25) is 0 Å². The molecule has 2 aliphatic rings. The molecule has 1 aliphatic heterocycles. The molecule has 2 fully saturated rings. The molecule has 0 bridgehead atoms. The van der Waals surface area contributed by atoms with Gasteiger partial charge in [0.25, 0.3) is 0 Å². The van der Waals surface area contributed by atoms with Gasteiger partial charge in [-0.2, -0.15) is 0 Å². The van der Waals surface area contributed by atoms with Crippen molar-refractivity contribution < 1.29 is 8.42 Å². The summed E-state index contributed by atoms with van der Waals surface area (Å²) in [6.07, 6.45) is 6.35. The van der Waals surface area contributed by atoms with E-state index in [9.17, 15) is 8.42 Å². The van der Waals surface area contributed by atoms with Crippen LogP contribution in [0, 0.1) is 0 Å². The number of aliphatic imine (C=N–C) groups is 1. The zero-order valence-electron chi connectivity index (χ0n) is 17.0. The normalized spacial score (nSPS) is 22.7. The van der Waals surface area contributed by atoms with Crippen LogP contribution < -0.4 is 10.6 Å². The maximum Gasteiger partial charge on any atom is 0.191 e. The van der Waals surface area contributed by atoms with Crippen LogP contribution in [0.2, 0.25) is 0 Å². The van der Waals surface area contributed by atoms with Gasteiger partial charge < -0.3 is 10.6 Å². The van der Waals surface area contributed by atoms with Gasteiger partial charge in [0.15, 0.2) is 15.8 Å². The van der Waals surface area contributed by atoms with Gasteiger partial charge in [0.05, 0.1) is 18.1 Å². The van der Waals surface area contributed by atoms with E-state index in [0.717, 1.165) is 32.1 Å². The lowest BCUT2D eigenvalue weighted by molar-refractivity contribution is 0.298. The third kappa shape index (κ3) is 5.94. The third-order valence-corrected chi connectivity index (χ3v) is 8.62. The van der Waals surface area contributed by atoms with Gasteiger partial charge >= 0.3 is 0 Å². The van der Waals surface area contributed by atoms with Crippen LogP contribution in [-0.2, 0) is 15.3 Å². The highest BCUT2D eigenvalue weighted by molar-refractivity contribution is 7.91. The quantitative estimate of drug-likeness (QED) is 0.517. The minimum absolute atomic E-state index is 0.190. The second-order valence-electron chi connectivity index (χ2n) is 7.93. The lowest BCUT2D eigenvalue weighted by Gasteiger charge is -2.35. The van der Waals surface area contributed by atoms with E-state index in [2.05, 4.69) is 40.0 Å². The first-order chi connectivity index (χ1) is 13.5. The SMILES string of the molecule is CCNC(=NCC1(c2cccs2)CCCCC1)NCCN1CCS(=O)(=O)CC1. The van der Waals surface area contributed by atoms with Crippen LogP contribution in [0.5, 0.6) is 0 Å². The Morgan fingerprint density at radius 3 is 2.61 bits per heavy atom. The van der Waals surface area contributed by atoms with E-state index in [1.54, 1.807) is 0 Å². The molecule has 158 valence electrons. The summed E-state index contributed by atoms with van der Waals surface area (Å²) in [6.45, 7) is 6.64. The molecule has 1 aliphatic carbocycles. The standard InChI is InChI=1S/C20H34N4O2S2/c1-2-21-19(22-10-11-24-12-15-28(25,26)16-13-24)23-17-20(8-4-3-5-9-20)18-7-6-14-27-18/h6-7,14H,2-5,8-13,15-17H2,1H3,(H2,21,22,23). The maximum atomic E-state index is 11.6. The van der Waals surface area contributed by atoms with Crippen LogP contribution in [0.15, 0.2) is 22.5 Å². The fraction of sp³-hybridized carbons (Fsp3) is 0.750. The fourth-order valence-electron chi connectivity index (χ4n) is 4.17. The fourth-order valence-corrected chi connectivity index (χ4v) is 6.43. The summed E-state index contributed by atoms with van der Waals surface area (Å²) in [7, 11) is -2.81. The highest BCUT2D eigenvalue weighted by atomic mass is 32.2. The topological polar surface area (TPSA) is 73.8 Å². The first kappa shape index (κ1) is 21.6. The number of nitrogens with zero attached hydrogens (tertiary/aromatic N) is 2. The second-order valence-corrected chi connectivity index (χ2v) is 11.2. The Morgan fingerprint density at radius 2 is 1.96 bits per heavy atom. The van der Waals surface area contributed by atoms with Crippen LogP contribution in [0.4, 0.5) is 0 Å². The molecule has 1 aromatic rings. The summed E-state index contributed by atoms with van der Waals surface area (Å²) in [4.78, 5) is 8.65. The third-order valence-electron chi connectivity index (χ3n) is 5.90. The van der Waals surface area contributed by atoms with Gasteiger partial charge in [-0.05, 0) is 31.2 Å². The van der Waals surface area contributed by atoms with Crippen molar-refractivity contribution >= 4 is 27.1 Å². The first-order valence-electron chi connectivity index (χ1n) is 10.5. The summed E-state index contributed by atoms with van der Waals surface area (Å²) < 4.78 is 23.1. The van der Waals surface area contributed by atoms with Crippen molar-refractivity contribution in [3.63, 3.8) is 0 Å². The Hall–Kier alpha value is -1.12. The molecule has 0 amide bonds. The lowest BCUT2D eigenvalue weighted by Crippen LogP contribution is -2.46. The van der Waals surface area contributed by atoms with Crippen molar-refractivity contribution in [3.8, 4) is 0 Å². The molecule has 8 heteroatoms. The van der Waals surface area contributed by atoms with Gasteiger partial charge in [-0.15, -0.1) is 11.3 Å². The minimum atomic E-state index is -2.81. The van der Waals surface area contributed by atoms with Gasteiger partial charge in [-0.1, -0.05) is 25.3 Å². The van der Waals surface area contributed by atoms with Crippen molar-refractivity contribution in [1.82, 2.24) is 15.5 Å². The monoisotopic (exact) mass is 426 g/mol. The van der Waals surface area contributed by atoms with E-state index in [0.29, 0.717) is 13.1 Å². The average molecular weight is 427 g/mol. The molecule has 1 saturated carbocycles. The molecule has 0 spiro atoms. The maximum absolute atomic E-state index is 11.6. The first-order valence-corrected chi connectivity index (χ1v) is 13.2. The van der Waals surface area contributed by atoms with Crippen molar-refractivity contribution in [2.45, 2.75) is 44.4 Å². The number of guanidine groups is 1. The molecule has 6 nitrogen and oxygen atoms in total. The highest BCUT2D eigenvalue weighted by Gasteiger charge is 2.34. The smallest absolute Gasteiger partial charge is 0.191 e. The van der Waals surface area contributed by atoms with E-state index in [1.165, 1.54) is 37.0 Å². The average Bonchev–Trinajstić information content (AvgIpc) is 3.24. The zero-order chi connectivity index (χ0) is 19.9. The van der Waals surface area contributed by atoms with Crippen LogP contribution in [-0.4, -0.2) is 70.1 Å². The summed E-state index contributed by atoms with van der Waals surface area (Å²) >= 11 is 1.86. The van der Waals surface area contributed by atoms with Gasteiger partial charge in [0, 0.05) is 43.0 Å². The number of nitrogens with one attached hydrogen (secondary N) is 2. The van der Waals surface area contributed by atoms with E-state index in [1.807, 2.05) is 11.3 Å². The Balaban J connectivity index is 1.55. The van der Waals surface area contributed by atoms with E-state index < -0.39 is 9.84 Å². The molecule has 0 unspecified atom stereocenters. The molecule has 1 saturated heterocycles. The van der Waals surface area contributed by atoms with Gasteiger partial charge in [-0.3, -0.25) is 9.89 Å². The number of thiophene rings is 1. The molecule has 0 radical (unpaired) electrons. The molecule has 2 heterocycles. The number of rotatable bonds is 7. The predicted molar refractivity (Wildman–Crippen MR) is 118 cm³/mol. The zero-order valence-corrected chi connectivity index (χ0v) is 18.6. The molecular formula is C20H34N4O2S2. The number of sulfone groups is 1. The largest absolute Gasteiger partial charge is 0.357 e. The molecule has 2 N–H and O–H groups in total. The lowest BCUT2D eigenvalue weighted by atomic mass is 9.73. The van der Waals surface area contributed by atoms with Crippen LogP contribution in [0.3, 0.4) is 0 Å². The molecule has 3 rings (SSSR count). The predicted octanol–water partition coefficient (Wildman–Crippen LogP) is 2.24. The van der Waals surface area contributed by atoms with Crippen molar-refractivity contribution in [2.75, 3.05) is 50.8 Å². The molecule has 28 heavy (non-hydrogen) atoms. The Morgan fingerprint density at radius 1 is 1.21 bits per heavy atom. The highest BCUT2D eigenvalue weighted by Crippen LogP contribution is 2.41. The Labute approximate surface area is 173 Å². The van der Waals surface area contributed by atoms with E-state index in [4.69, 9.17) is 4.99 Å². The van der Waals surface area contributed by atoms with E-state index >= 15 is 0 Å². The number of hydrogen-bond acceptors (Lipinski definition) is 5.